The van der Waals surface area contributed by atoms with Crippen molar-refractivity contribution in [1.29, 1.82) is 5.26 Å². The van der Waals surface area contributed by atoms with Crippen molar-refractivity contribution in [3.05, 3.63) is 29.6 Å². The third kappa shape index (κ3) is 3.68. The van der Waals surface area contributed by atoms with Gasteiger partial charge in [-0.05, 0) is 42.8 Å². The predicted octanol–water partition coefficient (Wildman–Crippen LogP) is 4.21. The molecule has 0 saturated carbocycles. The highest BCUT2D eigenvalue weighted by molar-refractivity contribution is 6.74. The van der Waals surface area contributed by atoms with Crippen molar-refractivity contribution >= 4 is 19.9 Å². The Balaban J connectivity index is 2.25. The second-order valence-corrected chi connectivity index (χ2v) is 12.6. The van der Waals surface area contributed by atoms with Crippen LogP contribution in [0.15, 0.2) is 18.2 Å². The van der Waals surface area contributed by atoms with Crippen LogP contribution in [0.25, 0.3) is 0 Å². The molecular formula is C18H25FN2O2Si. The second kappa shape index (κ2) is 6.65. The quantitative estimate of drug-likeness (QED) is 0.766. The molecule has 130 valence electrons. The molecule has 0 spiro atoms. The van der Waals surface area contributed by atoms with Gasteiger partial charge < -0.3 is 9.33 Å². The number of anilines is 1. The highest BCUT2D eigenvalue weighted by Gasteiger charge is 2.40. The summed E-state index contributed by atoms with van der Waals surface area (Å²) in [5.41, 5.74) is 0.660. The van der Waals surface area contributed by atoms with E-state index in [0.29, 0.717) is 30.7 Å². The lowest BCUT2D eigenvalue weighted by Gasteiger charge is -2.38. The number of hydrogen-bond donors (Lipinski definition) is 0. The topological polar surface area (TPSA) is 53.3 Å². The van der Waals surface area contributed by atoms with E-state index in [1.807, 2.05) is 6.07 Å². The molecule has 6 heteroatoms. The summed E-state index contributed by atoms with van der Waals surface area (Å²) in [6, 6.07) is 5.82. The van der Waals surface area contributed by atoms with Crippen LogP contribution < -0.4 is 4.90 Å². The van der Waals surface area contributed by atoms with Crippen LogP contribution in [0.5, 0.6) is 0 Å². The molecule has 1 heterocycles. The first kappa shape index (κ1) is 18.6. The SMILES string of the molecule is CC(C)(C)[Si](C)(C)OC[C@H]1CCC(=O)N1c1cc(F)ccc1C#N. The van der Waals surface area contributed by atoms with Crippen LogP contribution in [0.2, 0.25) is 18.1 Å². The van der Waals surface area contributed by atoms with Gasteiger partial charge in [0, 0.05) is 6.42 Å². The minimum absolute atomic E-state index is 0.0805. The monoisotopic (exact) mass is 348 g/mol. The van der Waals surface area contributed by atoms with Gasteiger partial charge in [0.15, 0.2) is 8.32 Å². The van der Waals surface area contributed by atoms with E-state index < -0.39 is 14.1 Å². The van der Waals surface area contributed by atoms with E-state index in [2.05, 4.69) is 33.9 Å². The number of hydrogen-bond acceptors (Lipinski definition) is 3. The Bertz CT molecular complexity index is 677. The number of carbonyl (C=O) groups is 1. The molecule has 0 aromatic heterocycles. The maximum absolute atomic E-state index is 13.7. The Hall–Kier alpha value is -1.71. The molecule has 4 nitrogen and oxygen atoms in total. The van der Waals surface area contributed by atoms with Crippen LogP contribution in [-0.2, 0) is 9.22 Å². The van der Waals surface area contributed by atoms with Gasteiger partial charge in [-0.3, -0.25) is 4.79 Å². The normalized spacial score (nSPS) is 18.8. The van der Waals surface area contributed by atoms with E-state index >= 15 is 0 Å². The minimum Gasteiger partial charge on any atom is -0.415 e. The van der Waals surface area contributed by atoms with Crippen molar-refractivity contribution in [2.24, 2.45) is 0 Å². The number of amides is 1. The predicted molar refractivity (Wildman–Crippen MR) is 94.8 cm³/mol. The van der Waals surface area contributed by atoms with Crippen molar-refractivity contribution in [2.45, 2.75) is 57.8 Å². The van der Waals surface area contributed by atoms with Gasteiger partial charge in [0.05, 0.1) is 23.9 Å². The van der Waals surface area contributed by atoms with Crippen LogP contribution in [0, 0.1) is 17.1 Å². The maximum atomic E-state index is 13.7. The van der Waals surface area contributed by atoms with Crippen LogP contribution in [0.3, 0.4) is 0 Å². The molecule has 1 amide bonds. The summed E-state index contributed by atoms with van der Waals surface area (Å²) in [4.78, 5) is 13.9. The maximum Gasteiger partial charge on any atom is 0.227 e. The fourth-order valence-electron chi connectivity index (χ4n) is 2.55. The summed E-state index contributed by atoms with van der Waals surface area (Å²) in [5, 5.41) is 9.35. The molecule has 0 bridgehead atoms. The van der Waals surface area contributed by atoms with Crippen molar-refractivity contribution in [1.82, 2.24) is 0 Å². The first-order chi connectivity index (χ1) is 11.1. The van der Waals surface area contributed by atoms with E-state index in [9.17, 15) is 14.4 Å². The fraction of sp³-hybridized carbons (Fsp3) is 0.556. The van der Waals surface area contributed by atoms with Gasteiger partial charge in [-0.25, -0.2) is 4.39 Å². The van der Waals surface area contributed by atoms with Crippen LogP contribution >= 0.6 is 0 Å². The lowest BCUT2D eigenvalue weighted by atomic mass is 10.1. The molecule has 2 rings (SSSR count). The summed E-state index contributed by atoms with van der Waals surface area (Å²) in [5.74, 6) is -0.534. The van der Waals surface area contributed by atoms with Crippen molar-refractivity contribution in [2.75, 3.05) is 11.5 Å². The zero-order valence-corrected chi connectivity index (χ0v) is 16.0. The Morgan fingerprint density at radius 1 is 1.42 bits per heavy atom. The molecule has 1 saturated heterocycles. The molecule has 1 aliphatic heterocycles. The molecule has 1 aromatic carbocycles. The Kier molecular flexibility index (Phi) is 5.16. The Morgan fingerprint density at radius 2 is 2.08 bits per heavy atom. The molecule has 0 aliphatic carbocycles. The highest BCUT2D eigenvalue weighted by Crippen LogP contribution is 2.38. The molecule has 1 aromatic rings. The summed E-state index contributed by atoms with van der Waals surface area (Å²) < 4.78 is 19.9. The van der Waals surface area contributed by atoms with Crippen molar-refractivity contribution < 1.29 is 13.6 Å². The van der Waals surface area contributed by atoms with E-state index in [4.69, 9.17) is 4.43 Å². The van der Waals surface area contributed by atoms with Gasteiger partial charge in [0.25, 0.3) is 0 Å². The summed E-state index contributed by atoms with van der Waals surface area (Å²) >= 11 is 0. The van der Waals surface area contributed by atoms with E-state index in [1.54, 1.807) is 4.90 Å². The Labute approximate surface area is 144 Å². The third-order valence-corrected chi connectivity index (χ3v) is 9.61. The first-order valence-electron chi connectivity index (χ1n) is 8.22. The standard InChI is InChI=1S/C18H25FN2O2Si/c1-18(2,3)24(4,5)23-12-15-8-9-17(22)21(15)16-10-14(19)7-6-13(16)11-20/h6-7,10,15H,8-9,12H2,1-5H3/t15-/m1/s1. The molecule has 1 atom stereocenters. The van der Waals surface area contributed by atoms with Crippen LogP contribution in [0.1, 0.15) is 39.2 Å². The smallest absolute Gasteiger partial charge is 0.227 e. The van der Waals surface area contributed by atoms with Crippen LogP contribution in [-0.4, -0.2) is 26.9 Å². The van der Waals surface area contributed by atoms with Gasteiger partial charge in [-0.2, -0.15) is 5.26 Å². The van der Waals surface area contributed by atoms with Crippen molar-refractivity contribution in [3.8, 4) is 6.07 Å². The zero-order chi connectivity index (χ0) is 18.1. The Morgan fingerprint density at radius 3 is 2.67 bits per heavy atom. The largest absolute Gasteiger partial charge is 0.415 e. The van der Waals surface area contributed by atoms with Gasteiger partial charge >= 0.3 is 0 Å². The molecule has 1 fully saturated rings. The number of nitrogens with zero attached hydrogens (tertiary/aromatic N) is 2. The number of nitriles is 1. The van der Waals surface area contributed by atoms with E-state index in [-0.39, 0.29) is 17.0 Å². The number of carbonyl (C=O) groups excluding carboxylic acids is 1. The van der Waals surface area contributed by atoms with Gasteiger partial charge in [0.2, 0.25) is 5.91 Å². The summed E-state index contributed by atoms with van der Waals surface area (Å²) in [6.07, 6.45) is 1.06. The lowest BCUT2D eigenvalue weighted by molar-refractivity contribution is -0.117. The fourth-order valence-corrected chi connectivity index (χ4v) is 3.59. The summed E-state index contributed by atoms with van der Waals surface area (Å²) in [6.45, 7) is 11.2. The second-order valence-electron chi connectivity index (χ2n) is 7.80. The molecule has 24 heavy (non-hydrogen) atoms. The average Bonchev–Trinajstić information content (AvgIpc) is 2.85. The number of rotatable bonds is 4. The molecule has 1 aliphatic rings. The third-order valence-electron chi connectivity index (χ3n) is 5.11. The van der Waals surface area contributed by atoms with Gasteiger partial charge in [0.1, 0.15) is 11.9 Å². The van der Waals surface area contributed by atoms with Crippen molar-refractivity contribution in [3.63, 3.8) is 0 Å². The van der Waals surface area contributed by atoms with Gasteiger partial charge in [-0.1, -0.05) is 20.8 Å². The zero-order valence-electron chi connectivity index (χ0n) is 15.0. The number of benzene rings is 1. The van der Waals surface area contributed by atoms with E-state index in [1.165, 1.54) is 18.2 Å². The average molecular weight is 348 g/mol. The van der Waals surface area contributed by atoms with E-state index in [0.717, 1.165) is 0 Å². The lowest BCUT2D eigenvalue weighted by Crippen LogP contribution is -2.45. The molecular weight excluding hydrogens is 323 g/mol. The molecule has 0 radical (unpaired) electrons. The number of halogens is 1. The minimum atomic E-state index is -1.93. The molecule has 0 unspecified atom stereocenters. The summed E-state index contributed by atoms with van der Waals surface area (Å²) in [7, 11) is -1.93. The van der Waals surface area contributed by atoms with Gasteiger partial charge in [-0.15, -0.1) is 0 Å². The van der Waals surface area contributed by atoms with Crippen LogP contribution in [0.4, 0.5) is 10.1 Å². The highest BCUT2D eigenvalue weighted by atomic mass is 28.4. The first-order valence-corrected chi connectivity index (χ1v) is 11.1. The molecule has 0 N–H and O–H groups in total.